The van der Waals surface area contributed by atoms with Crippen molar-refractivity contribution in [2.75, 3.05) is 11.9 Å². The van der Waals surface area contributed by atoms with Gasteiger partial charge < -0.3 is 9.79 Å². The average molecular weight is 724 g/mol. The predicted molar refractivity (Wildman–Crippen MR) is 203 cm³/mol. The number of phosphoric ester groups is 1. The number of alkyl halides is 1. The summed E-state index contributed by atoms with van der Waals surface area (Å²) in [5.41, 5.74) is 0. The fourth-order valence-corrected chi connectivity index (χ4v) is 7.33. The quantitative estimate of drug-likeness (QED) is 0.0375. The van der Waals surface area contributed by atoms with E-state index in [2.05, 4.69) is 20.5 Å². The van der Waals surface area contributed by atoms with Crippen LogP contribution < -0.4 is 0 Å². The van der Waals surface area contributed by atoms with Crippen molar-refractivity contribution in [2.45, 2.75) is 238 Å². The molecule has 6 heteroatoms. The summed E-state index contributed by atoms with van der Waals surface area (Å²) >= 11 is 3.52. The molecular formula is C39H80BrO4P. The molecule has 0 unspecified atom stereocenters. The van der Waals surface area contributed by atoms with E-state index in [-0.39, 0.29) is 6.61 Å². The van der Waals surface area contributed by atoms with E-state index in [4.69, 9.17) is 9.79 Å². The first-order valence-electron chi connectivity index (χ1n) is 20.3. The first-order valence-corrected chi connectivity index (χ1v) is 23.0. The van der Waals surface area contributed by atoms with E-state index in [9.17, 15) is 4.57 Å². The van der Waals surface area contributed by atoms with Crippen LogP contribution in [0.1, 0.15) is 238 Å². The number of hydrogen-bond donors (Lipinski definition) is 2. The molecule has 0 aromatic carbocycles. The van der Waals surface area contributed by atoms with E-state index in [0.717, 1.165) is 19.3 Å². The fourth-order valence-electron chi connectivity index (χ4n) is 6.57. The maximum Gasteiger partial charge on any atom is 0.469 e. The standard InChI is InChI=1S/C39H80BrO4P/c40-38-36-34-32-30-28-26-24-22-20-18-16-14-12-10-8-6-4-2-1-3-5-7-9-11-13-15-17-19-21-23-25-27-29-31-33-35-37-39-44-45(41,42)43/h1-39H2,(H2,41,42,43). The van der Waals surface area contributed by atoms with Crippen LogP contribution in [0.25, 0.3) is 0 Å². The van der Waals surface area contributed by atoms with Crippen molar-refractivity contribution in [1.29, 1.82) is 0 Å². The number of halogens is 1. The van der Waals surface area contributed by atoms with Crippen molar-refractivity contribution < 1.29 is 18.9 Å². The molecule has 0 spiro atoms. The van der Waals surface area contributed by atoms with Crippen LogP contribution in [-0.4, -0.2) is 21.7 Å². The Morgan fingerprint density at radius 2 is 0.467 bits per heavy atom. The molecule has 0 aliphatic carbocycles. The number of rotatable bonds is 40. The monoisotopic (exact) mass is 722 g/mol. The Balaban J connectivity index is 3.05. The largest absolute Gasteiger partial charge is 0.469 e. The minimum Gasteiger partial charge on any atom is -0.303 e. The summed E-state index contributed by atoms with van der Waals surface area (Å²) in [6.07, 6.45) is 51.6. The molecule has 0 rings (SSSR count). The minimum absolute atomic E-state index is 0.170. The van der Waals surface area contributed by atoms with Crippen molar-refractivity contribution in [3.05, 3.63) is 0 Å². The summed E-state index contributed by atoms with van der Waals surface area (Å²) in [6.45, 7) is 0.170. The van der Waals surface area contributed by atoms with Crippen LogP contribution in [0.15, 0.2) is 0 Å². The van der Waals surface area contributed by atoms with Crippen LogP contribution in [0, 0.1) is 0 Å². The third-order valence-electron chi connectivity index (χ3n) is 9.54. The van der Waals surface area contributed by atoms with Crippen molar-refractivity contribution in [3.63, 3.8) is 0 Å². The summed E-state index contributed by atoms with van der Waals surface area (Å²) in [7, 11) is -4.27. The predicted octanol–water partition coefficient (Wildman–Crippen LogP) is 14.9. The molecule has 0 aliphatic heterocycles. The molecule has 272 valence electrons. The Bertz CT molecular complexity index is 585. The lowest BCUT2D eigenvalue weighted by molar-refractivity contribution is 0.193. The molecular weight excluding hydrogens is 643 g/mol. The molecule has 0 aliphatic rings. The molecule has 4 nitrogen and oxygen atoms in total. The first-order chi connectivity index (χ1) is 22.1. The third kappa shape index (κ3) is 44.6. The van der Waals surface area contributed by atoms with E-state index in [0.29, 0.717) is 0 Å². The Morgan fingerprint density at radius 3 is 0.622 bits per heavy atom. The molecule has 45 heavy (non-hydrogen) atoms. The van der Waals surface area contributed by atoms with Gasteiger partial charge in [-0.15, -0.1) is 0 Å². The Morgan fingerprint density at radius 1 is 0.311 bits per heavy atom. The number of hydrogen-bond acceptors (Lipinski definition) is 2. The molecule has 0 radical (unpaired) electrons. The van der Waals surface area contributed by atoms with Gasteiger partial charge in [-0.05, 0) is 12.8 Å². The summed E-state index contributed by atoms with van der Waals surface area (Å²) in [6, 6.07) is 0. The van der Waals surface area contributed by atoms with Gasteiger partial charge in [0.05, 0.1) is 6.61 Å². The fraction of sp³-hybridized carbons (Fsp3) is 1.00. The van der Waals surface area contributed by atoms with Gasteiger partial charge in [0.2, 0.25) is 0 Å². The van der Waals surface area contributed by atoms with Crippen molar-refractivity contribution >= 4 is 23.8 Å². The van der Waals surface area contributed by atoms with Gasteiger partial charge in [-0.2, -0.15) is 0 Å². The van der Waals surface area contributed by atoms with Gasteiger partial charge in [0.25, 0.3) is 0 Å². The lowest BCUT2D eigenvalue weighted by Crippen LogP contribution is -1.92. The average Bonchev–Trinajstić information content (AvgIpc) is 3.01. The normalized spacial score (nSPS) is 12.0. The first kappa shape index (κ1) is 45.6. The maximum absolute atomic E-state index is 10.6. The van der Waals surface area contributed by atoms with Crippen LogP contribution in [0.3, 0.4) is 0 Å². The number of phosphoric acid groups is 1. The van der Waals surface area contributed by atoms with E-state index < -0.39 is 7.82 Å². The Hall–Kier alpha value is 0.590. The van der Waals surface area contributed by atoms with E-state index >= 15 is 0 Å². The van der Waals surface area contributed by atoms with Crippen LogP contribution >= 0.6 is 23.8 Å². The van der Waals surface area contributed by atoms with Crippen LogP contribution in [0.5, 0.6) is 0 Å². The van der Waals surface area contributed by atoms with Gasteiger partial charge >= 0.3 is 7.82 Å². The van der Waals surface area contributed by atoms with E-state index in [1.807, 2.05) is 0 Å². The van der Waals surface area contributed by atoms with E-state index in [1.54, 1.807) is 0 Å². The smallest absolute Gasteiger partial charge is 0.303 e. The molecule has 0 atom stereocenters. The molecule has 0 saturated carbocycles. The summed E-state index contributed by atoms with van der Waals surface area (Å²) < 4.78 is 15.1. The topological polar surface area (TPSA) is 66.8 Å². The molecule has 0 bridgehead atoms. The Kier molecular flexibility index (Phi) is 39.5. The zero-order valence-corrected chi connectivity index (χ0v) is 32.6. The zero-order chi connectivity index (χ0) is 32.8. The highest BCUT2D eigenvalue weighted by molar-refractivity contribution is 9.09. The summed E-state index contributed by atoms with van der Waals surface area (Å²) in [5.74, 6) is 0. The van der Waals surface area contributed by atoms with Gasteiger partial charge in [0.15, 0.2) is 0 Å². The van der Waals surface area contributed by atoms with Crippen LogP contribution in [-0.2, 0) is 9.09 Å². The van der Waals surface area contributed by atoms with Gasteiger partial charge in [0.1, 0.15) is 0 Å². The van der Waals surface area contributed by atoms with Gasteiger partial charge in [-0.3, -0.25) is 4.52 Å². The van der Waals surface area contributed by atoms with Gasteiger partial charge in [-0.1, -0.05) is 241 Å². The maximum atomic E-state index is 10.6. The second kappa shape index (κ2) is 39.0. The van der Waals surface area contributed by atoms with Gasteiger partial charge in [0, 0.05) is 5.33 Å². The van der Waals surface area contributed by atoms with Crippen LogP contribution in [0.2, 0.25) is 0 Å². The SMILES string of the molecule is O=P(O)(O)OCCCCCCCCCCCCCCCCCCCCCCCCCCCCCCCCCCCCCCCBr. The molecule has 0 saturated heterocycles. The summed E-state index contributed by atoms with van der Waals surface area (Å²) in [5, 5.41) is 1.18. The molecule has 2 N–H and O–H groups in total. The number of unbranched alkanes of at least 4 members (excludes halogenated alkanes) is 36. The third-order valence-corrected chi connectivity index (χ3v) is 10.6. The second-order valence-corrected chi connectivity index (χ2v) is 16.1. The lowest BCUT2D eigenvalue weighted by Gasteiger charge is -2.05. The molecule has 0 aromatic rings. The van der Waals surface area contributed by atoms with Crippen LogP contribution in [0.4, 0.5) is 0 Å². The van der Waals surface area contributed by atoms with Gasteiger partial charge in [-0.25, -0.2) is 4.57 Å². The molecule has 0 heterocycles. The molecule has 0 amide bonds. The minimum atomic E-state index is -4.27. The lowest BCUT2D eigenvalue weighted by atomic mass is 10.0. The Labute approximate surface area is 291 Å². The highest BCUT2D eigenvalue weighted by Crippen LogP contribution is 2.35. The second-order valence-electron chi connectivity index (χ2n) is 14.1. The molecule has 0 aromatic heterocycles. The van der Waals surface area contributed by atoms with E-state index in [1.165, 1.54) is 224 Å². The highest BCUT2D eigenvalue weighted by Gasteiger charge is 2.12. The van der Waals surface area contributed by atoms with Crippen molar-refractivity contribution in [3.8, 4) is 0 Å². The van der Waals surface area contributed by atoms with Crippen molar-refractivity contribution in [1.82, 2.24) is 0 Å². The zero-order valence-electron chi connectivity index (χ0n) is 30.1. The molecule has 0 fully saturated rings. The van der Waals surface area contributed by atoms with Crippen molar-refractivity contribution in [2.24, 2.45) is 0 Å². The highest BCUT2D eigenvalue weighted by atomic mass is 79.9. The summed E-state index contributed by atoms with van der Waals surface area (Å²) in [4.78, 5) is 17.3.